The van der Waals surface area contributed by atoms with Crippen LogP contribution >= 0.6 is 0 Å². The van der Waals surface area contributed by atoms with Crippen molar-refractivity contribution in [2.45, 2.75) is 0 Å². The van der Waals surface area contributed by atoms with Gasteiger partial charge in [0.1, 0.15) is 0 Å². The lowest BCUT2D eigenvalue weighted by Gasteiger charge is -2.34. The molecule has 0 atom stereocenters. The van der Waals surface area contributed by atoms with E-state index in [9.17, 15) is 0 Å². The highest BCUT2D eigenvalue weighted by atomic mass is 16.5. The first-order valence-electron chi connectivity index (χ1n) is 7.16. The monoisotopic (exact) mass is 275 g/mol. The molecular weight excluding hydrogens is 246 g/mol. The number of methoxy groups -OCH3 is 1. The fourth-order valence-electron chi connectivity index (χ4n) is 2.06. The summed E-state index contributed by atoms with van der Waals surface area (Å²) in [7, 11) is 1.75. The van der Waals surface area contributed by atoms with Gasteiger partial charge in [-0.15, -0.1) is 0 Å². The van der Waals surface area contributed by atoms with E-state index in [0.717, 1.165) is 52.5 Å². The van der Waals surface area contributed by atoms with E-state index >= 15 is 0 Å². The molecule has 6 heteroatoms. The molecule has 2 N–H and O–H groups in total. The molecule has 1 fully saturated rings. The molecule has 0 bridgehead atoms. The SMILES string of the molecule is COCCN1CCN(CCOCCOCCN)CC1. The summed E-state index contributed by atoms with van der Waals surface area (Å²) in [6, 6.07) is 0. The number of hydrogen-bond acceptors (Lipinski definition) is 6. The van der Waals surface area contributed by atoms with E-state index < -0.39 is 0 Å². The van der Waals surface area contributed by atoms with Crippen molar-refractivity contribution in [1.29, 1.82) is 0 Å². The van der Waals surface area contributed by atoms with E-state index in [4.69, 9.17) is 19.9 Å². The van der Waals surface area contributed by atoms with Gasteiger partial charge in [0.15, 0.2) is 0 Å². The zero-order valence-corrected chi connectivity index (χ0v) is 12.2. The van der Waals surface area contributed by atoms with Crippen LogP contribution in [0.2, 0.25) is 0 Å². The van der Waals surface area contributed by atoms with Crippen molar-refractivity contribution in [1.82, 2.24) is 9.80 Å². The molecule has 1 aliphatic rings. The number of hydrogen-bond donors (Lipinski definition) is 1. The van der Waals surface area contributed by atoms with Gasteiger partial charge in [-0.05, 0) is 0 Å². The van der Waals surface area contributed by atoms with Gasteiger partial charge < -0.3 is 19.9 Å². The first-order valence-corrected chi connectivity index (χ1v) is 7.16. The second-order valence-corrected chi connectivity index (χ2v) is 4.69. The van der Waals surface area contributed by atoms with E-state index in [1.807, 2.05) is 0 Å². The highest BCUT2D eigenvalue weighted by Crippen LogP contribution is 2.00. The smallest absolute Gasteiger partial charge is 0.0701 e. The molecule has 1 rings (SSSR count). The summed E-state index contributed by atoms with van der Waals surface area (Å²) in [5.74, 6) is 0. The second kappa shape index (κ2) is 11.6. The average Bonchev–Trinajstić information content (AvgIpc) is 2.45. The Balaban J connectivity index is 1.89. The lowest BCUT2D eigenvalue weighted by molar-refractivity contribution is 0.0317. The maximum absolute atomic E-state index is 5.53. The predicted octanol–water partition coefficient (Wildman–Crippen LogP) is -0.758. The third-order valence-electron chi connectivity index (χ3n) is 3.26. The first-order chi connectivity index (χ1) is 9.36. The highest BCUT2D eigenvalue weighted by Gasteiger charge is 2.15. The number of nitrogens with zero attached hydrogens (tertiary/aromatic N) is 2. The summed E-state index contributed by atoms with van der Waals surface area (Å²) in [6.45, 7) is 10.7. The van der Waals surface area contributed by atoms with E-state index in [-0.39, 0.29) is 0 Å². The lowest BCUT2D eigenvalue weighted by Crippen LogP contribution is -2.48. The van der Waals surface area contributed by atoms with Gasteiger partial charge in [-0.2, -0.15) is 0 Å². The number of rotatable bonds is 11. The fraction of sp³-hybridized carbons (Fsp3) is 1.00. The molecule has 0 aromatic heterocycles. The molecule has 0 unspecified atom stereocenters. The van der Waals surface area contributed by atoms with Gasteiger partial charge >= 0.3 is 0 Å². The van der Waals surface area contributed by atoms with Gasteiger partial charge in [0.2, 0.25) is 0 Å². The quantitative estimate of drug-likeness (QED) is 0.500. The summed E-state index contributed by atoms with van der Waals surface area (Å²) < 4.78 is 15.9. The Labute approximate surface area is 116 Å². The van der Waals surface area contributed by atoms with Crippen LogP contribution in [0.3, 0.4) is 0 Å². The van der Waals surface area contributed by atoms with Crippen molar-refractivity contribution in [3.8, 4) is 0 Å². The van der Waals surface area contributed by atoms with Gasteiger partial charge in [0.25, 0.3) is 0 Å². The average molecular weight is 275 g/mol. The highest BCUT2D eigenvalue weighted by molar-refractivity contribution is 4.71. The Morgan fingerprint density at radius 2 is 1.32 bits per heavy atom. The van der Waals surface area contributed by atoms with Gasteiger partial charge in [-0.3, -0.25) is 9.80 Å². The van der Waals surface area contributed by atoms with Crippen molar-refractivity contribution >= 4 is 0 Å². The Hall–Kier alpha value is -0.240. The van der Waals surface area contributed by atoms with Crippen molar-refractivity contribution in [3.05, 3.63) is 0 Å². The predicted molar refractivity (Wildman–Crippen MR) is 75.4 cm³/mol. The zero-order valence-electron chi connectivity index (χ0n) is 12.2. The number of ether oxygens (including phenoxy) is 3. The fourth-order valence-corrected chi connectivity index (χ4v) is 2.06. The van der Waals surface area contributed by atoms with Crippen LogP contribution in [0.25, 0.3) is 0 Å². The van der Waals surface area contributed by atoms with Crippen molar-refractivity contribution in [2.75, 3.05) is 86.0 Å². The number of nitrogens with two attached hydrogens (primary N) is 1. The molecule has 0 aliphatic carbocycles. The lowest BCUT2D eigenvalue weighted by atomic mass is 10.3. The molecule has 0 aromatic rings. The minimum absolute atomic E-state index is 0.577. The first kappa shape index (κ1) is 16.8. The Bertz CT molecular complexity index is 200. The van der Waals surface area contributed by atoms with Gasteiger partial charge in [0.05, 0.1) is 33.0 Å². The summed E-state index contributed by atoms with van der Waals surface area (Å²) in [5, 5.41) is 0. The topological polar surface area (TPSA) is 60.2 Å². The van der Waals surface area contributed by atoms with Crippen LogP contribution in [0.15, 0.2) is 0 Å². The minimum atomic E-state index is 0.577. The molecule has 1 saturated heterocycles. The normalized spacial score (nSPS) is 18.0. The van der Waals surface area contributed by atoms with Crippen LogP contribution in [0.5, 0.6) is 0 Å². The standard InChI is InChI=1S/C13H29N3O3/c1-17-10-7-15-3-5-16(6-4-15)8-11-19-13-12-18-9-2-14/h2-14H2,1H3. The molecule has 1 heterocycles. The van der Waals surface area contributed by atoms with Crippen molar-refractivity contribution in [3.63, 3.8) is 0 Å². The summed E-state index contributed by atoms with van der Waals surface area (Å²) in [5.41, 5.74) is 5.32. The largest absolute Gasteiger partial charge is 0.383 e. The van der Waals surface area contributed by atoms with E-state index in [1.54, 1.807) is 7.11 Å². The maximum atomic E-state index is 5.53. The second-order valence-electron chi connectivity index (χ2n) is 4.69. The van der Waals surface area contributed by atoms with Gasteiger partial charge in [0, 0.05) is 52.9 Å². The molecule has 6 nitrogen and oxygen atoms in total. The van der Waals surface area contributed by atoms with Gasteiger partial charge in [-0.25, -0.2) is 0 Å². The molecule has 0 radical (unpaired) electrons. The van der Waals surface area contributed by atoms with Gasteiger partial charge in [-0.1, -0.05) is 0 Å². The van der Waals surface area contributed by atoms with Crippen molar-refractivity contribution < 1.29 is 14.2 Å². The van der Waals surface area contributed by atoms with E-state index in [1.165, 1.54) is 0 Å². The third kappa shape index (κ3) is 8.52. The molecule has 0 aromatic carbocycles. The van der Waals surface area contributed by atoms with Crippen molar-refractivity contribution in [2.24, 2.45) is 5.73 Å². The molecule has 114 valence electrons. The van der Waals surface area contributed by atoms with Crippen LogP contribution < -0.4 is 5.73 Å². The van der Waals surface area contributed by atoms with Crippen LogP contribution in [0, 0.1) is 0 Å². The van der Waals surface area contributed by atoms with Crippen LogP contribution in [-0.4, -0.2) is 95.8 Å². The van der Waals surface area contributed by atoms with Crippen LogP contribution in [-0.2, 0) is 14.2 Å². The third-order valence-corrected chi connectivity index (χ3v) is 3.26. The zero-order chi connectivity index (χ0) is 13.8. The Morgan fingerprint density at radius 1 is 0.789 bits per heavy atom. The van der Waals surface area contributed by atoms with E-state index in [2.05, 4.69) is 9.80 Å². The molecular formula is C13H29N3O3. The molecule has 1 aliphatic heterocycles. The van der Waals surface area contributed by atoms with Crippen LogP contribution in [0.1, 0.15) is 0 Å². The Kier molecular flexibility index (Phi) is 10.2. The molecule has 0 saturated carbocycles. The molecule has 19 heavy (non-hydrogen) atoms. The summed E-state index contributed by atoms with van der Waals surface area (Å²) in [4.78, 5) is 4.89. The van der Waals surface area contributed by atoms with Crippen LogP contribution in [0.4, 0.5) is 0 Å². The Morgan fingerprint density at radius 3 is 1.84 bits per heavy atom. The molecule has 0 amide bonds. The summed E-state index contributed by atoms with van der Waals surface area (Å²) in [6.07, 6.45) is 0. The number of piperazine rings is 1. The minimum Gasteiger partial charge on any atom is -0.383 e. The van der Waals surface area contributed by atoms with E-state index in [0.29, 0.717) is 26.4 Å². The summed E-state index contributed by atoms with van der Waals surface area (Å²) >= 11 is 0. The molecule has 0 spiro atoms. The maximum Gasteiger partial charge on any atom is 0.0701 e.